The van der Waals surface area contributed by atoms with Crippen LogP contribution in [0.5, 0.6) is 0 Å². The highest BCUT2D eigenvalue weighted by atomic mass is 32.2. The Kier molecular flexibility index (Phi) is 4.47. The van der Waals surface area contributed by atoms with Crippen molar-refractivity contribution in [2.24, 2.45) is 0 Å². The molecule has 0 unspecified atom stereocenters. The molecule has 7 heteroatoms. The minimum Gasteiger partial charge on any atom is -0.350 e. The molecule has 0 spiro atoms. The predicted molar refractivity (Wildman–Crippen MR) is 85.5 cm³/mol. The summed E-state index contributed by atoms with van der Waals surface area (Å²) in [6.07, 6.45) is 2.29. The van der Waals surface area contributed by atoms with Crippen LogP contribution in [0, 0.1) is 0 Å². The van der Waals surface area contributed by atoms with E-state index in [-0.39, 0.29) is 23.0 Å². The third-order valence-electron chi connectivity index (χ3n) is 3.82. The predicted octanol–water partition coefficient (Wildman–Crippen LogP) is 1.77. The van der Waals surface area contributed by atoms with Crippen molar-refractivity contribution in [1.29, 1.82) is 0 Å². The van der Waals surface area contributed by atoms with E-state index in [2.05, 4.69) is 15.5 Å². The summed E-state index contributed by atoms with van der Waals surface area (Å²) >= 11 is 0. The highest BCUT2D eigenvalue weighted by molar-refractivity contribution is 7.91. The topological polar surface area (TPSA) is 91.9 Å². The summed E-state index contributed by atoms with van der Waals surface area (Å²) in [5.41, 5.74) is 1.88. The second-order valence-electron chi connectivity index (χ2n) is 5.75. The van der Waals surface area contributed by atoms with Crippen molar-refractivity contribution in [2.75, 3.05) is 5.75 Å². The van der Waals surface area contributed by atoms with Crippen molar-refractivity contribution in [2.45, 2.75) is 36.6 Å². The standard InChI is InChI=1S/C16H19N3O3S/c20-16(8-9-23(21,22)14-4-2-1-3-5-14)17-11-13-10-15(19-18-13)12-6-7-12/h1-5,10,12H,6-9,11H2,(H,17,20)(H,18,19). The van der Waals surface area contributed by atoms with Gasteiger partial charge in [-0.05, 0) is 31.0 Å². The second-order valence-corrected chi connectivity index (χ2v) is 7.86. The minimum atomic E-state index is -3.42. The average Bonchev–Trinajstić information content (AvgIpc) is 3.30. The van der Waals surface area contributed by atoms with Gasteiger partial charge in [0, 0.05) is 12.3 Å². The zero-order chi connectivity index (χ0) is 16.3. The molecule has 23 heavy (non-hydrogen) atoms. The molecule has 1 aromatic heterocycles. The number of hydrogen-bond acceptors (Lipinski definition) is 4. The van der Waals surface area contributed by atoms with Crippen molar-refractivity contribution in [3.63, 3.8) is 0 Å². The Balaban J connectivity index is 1.47. The van der Waals surface area contributed by atoms with E-state index in [1.54, 1.807) is 18.2 Å². The number of H-pyrrole nitrogens is 1. The fourth-order valence-corrected chi connectivity index (χ4v) is 3.57. The number of carbonyl (C=O) groups is 1. The van der Waals surface area contributed by atoms with Gasteiger partial charge in [-0.3, -0.25) is 9.89 Å². The lowest BCUT2D eigenvalue weighted by atomic mass is 10.2. The SMILES string of the molecule is O=C(CCS(=O)(=O)c1ccccc1)NCc1cc(C2CC2)n[nH]1. The van der Waals surface area contributed by atoms with Gasteiger partial charge in [-0.1, -0.05) is 18.2 Å². The van der Waals surface area contributed by atoms with Crippen molar-refractivity contribution in [1.82, 2.24) is 15.5 Å². The van der Waals surface area contributed by atoms with Gasteiger partial charge in [0.25, 0.3) is 0 Å². The first kappa shape index (κ1) is 15.7. The van der Waals surface area contributed by atoms with E-state index < -0.39 is 9.84 Å². The number of aromatic nitrogens is 2. The second kappa shape index (κ2) is 6.54. The highest BCUT2D eigenvalue weighted by Gasteiger charge is 2.26. The van der Waals surface area contributed by atoms with Crippen LogP contribution in [0.15, 0.2) is 41.3 Å². The van der Waals surface area contributed by atoms with E-state index in [0.717, 1.165) is 11.4 Å². The average molecular weight is 333 g/mol. The van der Waals surface area contributed by atoms with Crippen molar-refractivity contribution >= 4 is 15.7 Å². The molecule has 1 saturated carbocycles. The van der Waals surface area contributed by atoms with Crippen molar-refractivity contribution in [3.05, 3.63) is 47.8 Å². The molecule has 0 aliphatic heterocycles. The maximum atomic E-state index is 12.1. The van der Waals surface area contributed by atoms with Gasteiger partial charge in [0.2, 0.25) is 5.91 Å². The third kappa shape index (κ3) is 4.19. The van der Waals surface area contributed by atoms with Crippen molar-refractivity contribution in [3.8, 4) is 0 Å². The highest BCUT2D eigenvalue weighted by Crippen LogP contribution is 2.38. The zero-order valence-electron chi connectivity index (χ0n) is 12.7. The molecular weight excluding hydrogens is 314 g/mol. The number of benzene rings is 1. The number of nitrogens with zero attached hydrogens (tertiary/aromatic N) is 1. The maximum absolute atomic E-state index is 12.1. The van der Waals surface area contributed by atoms with Crippen LogP contribution in [-0.2, 0) is 21.2 Å². The lowest BCUT2D eigenvalue weighted by Crippen LogP contribution is -2.25. The van der Waals surface area contributed by atoms with Gasteiger partial charge in [-0.15, -0.1) is 0 Å². The molecule has 1 heterocycles. The number of amides is 1. The molecule has 0 saturated heterocycles. The van der Waals surface area contributed by atoms with Gasteiger partial charge in [-0.2, -0.15) is 5.10 Å². The first-order chi connectivity index (χ1) is 11.0. The molecule has 1 aliphatic rings. The Labute approximate surface area is 135 Å². The van der Waals surface area contributed by atoms with Gasteiger partial charge >= 0.3 is 0 Å². The Bertz CT molecular complexity index is 780. The summed E-state index contributed by atoms with van der Waals surface area (Å²) in [7, 11) is -3.42. The van der Waals surface area contributed by atoms with Crippen LogP contribution in [-0.4, -0.2) is 30.3 Å². The Morgan fingerprint density at radius 2 is 2.00 bits per heavy atom. The van der Waals surface area contributed by atoms with E-state index in [1.807, 2.05) is 6.07 Å². The van der Waals surface area contributed by atoms with Gasteiger partial charge in [0.1, 0.15) is 0 Å². The van der Waals surface area contributed by atoms with Crippen LogP contribution >= 0.6 is 0 Å². The van der Waals surface area contributed by atoms with Gasteiger partial charge < -0.3 is 5.32 Å². The molecule has 122 valence electrons. The summed E-state index contributed by atoms with van der Waals surface area (Å²) in [5.74, 6) is 0.0814. The Morgan fingerprint density at radius 3 is 2.70 bits per heavy atom. The number of hydrogen-bond donors (Lipinski definition) is 2. The largest absolute Gasteiger partial charge is 0.350 e. The van der Waals surface area contributed by atoms with Crippen LogP contribution in [0.2, 0.25) is 0 Å². The molecule has 1 aliphatic carbocycles. The number of carbonyl (C=O) groups excluding carboxylic acids is 1. The van der Waals surface area contributed by atoms with Crippen LogP contribution in [0.1, 0.15) is 36.6 Å². The molecule has 1 fully saturated rings. The van der Waals surface area contributed by atoms with E-state index >= 15 is 0 Å². The summed E-state index contributed by atoms with van der Waals surface area (Å²) in [4.78, 5) is 12.1. The summed E-state index contributed by atoms with van der Waals surface area (Å²) in [6, 6.07) is 10.1. The van der Waals surface area contributed by atoms with Crippen LogP contribution in [0.25, 0.3) is 0 Å². The van der Waals surface area contributed by atoms with Crippen LogP contribution < -0.4 is 5.32 Å². The Hall–Kier alpha value is -2.15. The molecule has 2 N–H and O–H groups in total. The van der Waals surface area contributed by atoms with Gasteiger partial charge in [0.15, 0.2) is 9.84 Å². The molecule has 0 bridgehead atoms. The fraction of sp³-hybridized carbons (Fsp3) is 0.375. The first-order valence-corrected chi connectivity index (χ1v) is 9.28. The van der Waals surface area contributed by atoms with Crippen molar-refractivity contribution < 1.29 is 13.2 Å². The summed E-state index contributed by atoms with van der Waals surface area (Å²) < 4.78 is 24.2. The summed E-state index contributed by atoms with van der Waals surface area (Å²) in [6.45, 7) is 0.337. The van der Waals surface area contributed by atoms with E-state index in [4.69, 9.17) is 0 Å². The molecule has 2 aromatic rings. The first-order valence-electron chi connectivity index (χ1n) is 7.63. The van der Waals surface area contributed by atoms with Gasteiger partial charge in [0.05, 0.1) is 28.6 Å². The van der Waals surface area contributed by atoms with Crippen LogP contribution in [0.3, 0.4) is 0 Å². The molecular formula is C16H19N3O3S. The molecule has 0 atom stereocenters. The minimum absolute atomic E-state index is 0.0547. The van der Waals surface area contributed by atoms with Crippen LogP contribution in [0.4, 0.5) is 0 Å². The zero-order valence-corrected chi connectivity index (χ0v) is 13.5. The quantitative estimate of drug-likeness (QED) is 0.808. The number of rotatable bonds is 7. The smallest absolute Gasteiger partial charge is 0.221 e. The lowest BCUT2D eigenvalue weighted by molar-refractivity contribution is -0.120. The molecule has 1 aromatic carbocycles. The normalized spacial score (nSPS) is 14.6. The van der Waals surface area contributed by atoms with E-state index in [9.17, 15) is 13.2 Å². The molecule has 3 rings (SSSR count). The fourth-order valence-electron chi connectivity index (χ4n) is 2.31. The number of aromatic amines is 1. The molecule has 1 amide bonds. The molecule has 0 radical (unpaired) electrons. The maximum Gasteiger partial charge on any atom is 0.221 e. The van der Waals surface area contributed by atoms with E-state index in [0.29, 0.717) is 12.5 Å². The lowest BCUT2D eigenvalue weighted by Gasteiger charge is -2.05. The number of nitrogens with one attached hydrogen (secondary N) is 2. The number of sulfone groups is 1. The van der Waals surface area contributed by atoms with E-state index in [1.165, 1.54) is 25.0 Å². The monoisotopic (exact) mass is 333 g/mol. The third-order valence-corrected chi connectivity index (χ3v) is 5.55. The summed E-state index contributed by atoms with van der Waals surface area (Å²) in [5, 5.41) is 9.83. The Morgan fingerprint density at radius 1 is 1.26 bits per heavy atom. The van der Waals surface area contributed by atoms with Gasteiger partial charge in [-0.25, -0.2) is 8.42 Å². The molecule has 6 nitrogen and oxygen atoms in total.